The molecule has 0 radical (unpaired) electrons. The molecule has 1 N–H and O–H groups in total. The fraction of sp³-hybridized carbons (Fsp3) is 0.364. The Morgan fingerprint density at radius 2 is 1.54 bits per heavy atom. The van der Waals surface area contributed by atoms with Crippen molar-refractivity contribution in [3.8, 4) is 5.75 Å². The van der Waals surface area contributed by atoms with Gasteiger partial charge in [-0.15, -0.1) is 0 Å². The number of carbonyl (C=O) groups is 1. The summed E-state index contributed by atoms with van der Waals surface area (Å²) in [7, 11) is 0. The Hall–Kier alpha value is -1.31. The SMILES string of the molecule is O=C1CCCC1.Oc1ccccc1. The van der Waals surface area contributed by atoms with E-state index in [2.05, 4.69) is 0 Å². The van der Waals surface area contributed by atoms with Gasteiger partial charge in [0.2, 0.25) is 0 Å². The number of hydrogen-bond donors (Lipinski definition) is 1. The normalized spacial score (nSPS) is 14.9. The molecular weight excluding hydrogens is 164 g/mol. The maximum absolute atomic E-state index is 10.2. The van der Waals surface area contributed by atoms with Crippen molar-refractivity contribution in [2.75, 3.05) is 0 Å². The summed E-state index contributed by atoms with van der Waals surface area (Å²) in [6.45, 7) is 0. The highest BCUT2D eigenvalue weighted by Crippen LogP contribution is 2.11. The summed E-state index contributed by atoms with van der Waals surface area (Å²) in [5.74, 6) is 0.775. The molecule has 1 aromatic carbocycles. The third-order valence-electron chi connectivity index (χ3n) is 1.92. The van der Waals surface area contributed by atoms with E-state index in [0.717, 1.165) is 25.7 Å². The molecule has 0 bridgehead atoms. The van der Waals surface area contributed by atoms with Gasteiger partial charge in [-0.2, -0.15) is 0 Å². The summed E-state index contributed by atoms with van der Waals surface area (Å²) in [6, 6.07) is 8.71. The standard InChI is InChI=1S/C6H6O.C5H8O/c7-6-4-2-1-3-5-6;6-5-3-1-2-4-5/h1-5,7H;1-4H2. The molecule has 0 amide bonds. The molecule has 1 aliphatic rings. The molecule has 0 unspecified atom stereocenters. The van der Waals surface area contributed by atoms with Gasteiger partial charge in [0.15, 0.2) is 0 Å². The van der Waals surface area contributed by atoms with Crippen LogP contribution < -0.4 is 0 Å². The Balaban J connectivity index is 0.000000132. The predicted molar refractivity (Wildman–Crippen MR) is 51.6 cm³/mol. The van der Waals surface area contributed by atoms with Crippen molar-refractivity contribution < 1.29 is 9.90 Å². The van der Waals surface area contributed by atoms with Gasteiger partial charge in [-0.1, -0.05) is 18.2 Å². The Labute approximate surface area is 78.2 Å². The van der Waals surface area contributed by atoms with E-state index < -0.39 is 0 Å². The van der Waals surface area contributed by atoms with Crippen LogP contribution in [0.2, 0.25) is 0 Å². The van der Waals surface area contributed by atoms with Gasteiger partial charge >= 0.3 is 0 Å². The molecule has 0 saturated heterocycles. The van der Waals surface area contributed by atoms with Crippen LogP contribution in [0.5, 0.6) is 5.75 Å². The molecule has 0 atom stereocenters. The second kappa shape index (κ2) is 5.36. The van der Waals surface area contributed by atoms with Gasteiger partial charge < -0.3 is 5.11 Å². The third-order valence-corrected chi connectivity index (χ3v) is 1.92. The maximum atomic E-state index is 10.2. The van der Waals surface area contributed by atoms with Gasteiger partial charge in [0, 0.05) is 12.8 Å². The van der Waals surface area contributed by atoms with Crippen LogP contribution in [0.4, 0.5) is 0 Å². The van der Waals surface area contributed by atoms with Gasteiger partial charge in [-0.05, 0) is 25.0 Å². The fourth-order valence-electron chi connectivity index (χ4n) is 1.20. The lowest BCUT2D eigenvalue weighted by molar-refractivity contribution is -0.117. The minimum atomic E-state index is 0.322. The number of aromatic hydroxyl groups is 1. The van der Waals surface area contributed by atoms with Crippen LogP contribution in [0, 0.1) is 0 Å². The largest absolute Gasteiger partial charge is 0.508 e. The first-order valence-corrected chi connectivity index (χ1v) is 4.55. The van der Waals surface area contributed by atoms with Gasteiger partial charge in [0.25, 0.3) is 0 Å². The highest BCUT2D eigenvalue weighted by Gasteiger charge is 2.07. The molecular formula is C11H14O2. The van der Waals surface area contributed by atoms with Crippen molar-refractivity contribution >= 4 is 5.78 Å². The zero-order valence-electron chi connectivity index (χ0n) is 7.57. The Morgan fingerprint density at radius 3 is 1.77 bits per heavy atom. The second-order valence-corrected chi connectivity index (χ2v) is 3.08. The summed E-state index contributed by atoms with van der Waals surface area (Å²) in [5, 5.41) is 8.63. The lowest BCUT2D eigenvalue weighted by Crippen LogP contribution is -1.81. The summed E-state index contributed by atoms with van der Waals surface area (Å²) < 4.78 is 0. The lowest BCUT2D eigenvalue weighted by atomic mass is 10.3. The smallest absolute Gasteiger partial charge is 0.132 e. The number of para-hydroxylation sites is 1. The molecule has 70 valence electrons. The van der Waals surface area contributed by atoms with E-state index >= 15 is 0 Å². The second-order valence-electron chi connectivity index (χ2n) is 3.08. The van der Waals surface area contributed by atoms with Gasteiger partial charge in [-0.25, -0.2) is 0 Å². The van der Waals surface area contributed by atoms with E-state index in [1.165, 1.54) is 0 Å². The summed E-state index contributed by atoms with van der Waals surface area (Å²) in [5.41, 5.74) is 0. The van der Waals surface area contributed by atoms with E-state index in [-0.39, 0.29) is 0 Å². The van der Waals surface area contributed by atoms with Crippen molar-refractivity contribution in [3.05, 3.63) is 30.3 Å². The monoisotopic (exact) mass is 178 g/mol. The maximum Gasteiger partial charge on any atom is 0.132 e. The van der Waals surface area contributed by atoms with Crippen LogP contribution in [-0.2, 0) is 4.79 Å². The van der Waals surface area contributed by atoms with E-state index in [1.54, 1.807) is 24.3 Å². The Bertz CT molecular complexity index is 246. The number of carbonyl (C=O) groups excluding carboxylic acids is 1. The van der Waals surface area contributed by atoms with Crippen LogP contribution in [0.1, 0.15) is 25.7 Å². The molecule has 13 heavy (non-hydrogen) atoms. The number of phenols is 1. The average Bonchev–Trinajstić information content (AvgIpc) is 2.58. The van der Waals surface area contributed by atoms with Crippen molar-refractivity contribution in [1.29, 1.82) is 0 Å². The zero-order chi connectivity index (χ0) is 9.52. The van der Waals surface area contributed by atoms with Crippen LogP contribution in [-0.4, -0.2) is 10.9 Å². The fourth-order valence-corrected chi connectivity index (χ4v) is 1.20. The first-order valence-electron chi connectivity index (χ1n) is 4.55. The van der Waals surface area contributed by atoms with E-state index in [0.29, 0.717) is 11.5 Å². The highest BCUT2D eigenvalue weighted by atomic mass is 16.3. The number of hydrogen-bond acceptors (Lipinski definition) is 2. The van der Waals surface area contributed by atoms with Crippen LogP contribution in [0.3, 0.4) is 0 Å². The van der Waals surface area contributed by atoms with Gasteiger partial charge in [0.1, 0.15) is 11.5 Å². The third kappa shape index (κ3) is 4.31. The minimum absolute atomic E-state index is 0.322. The quantitative estimate of drug-likeness (QED) is 0.662. The highest BCUT2D eigenvalue weighted by molar-refractivity contribution is 5.80. The van der Waals surface area contributed by atoms with Gasteiger partial charge in [0.05, 0.1) is 0 Å². The molecule has 2 nitrogen and oxygen atoms in total. The molecule has 1 aliphatic carbocycles. The van der Waals surface area contributed by atoms with E-state index in [4.69, 9.17) is 5.11 Å². The summed E-state index contributed by atoms with van der Waals surface area (Å²) in [6.07, 6.45) is 3.97. The molecule has 1 fully saturated rings. The topological polar surface area (TPSA) is 37.3 Å². The number of benzene rings is 1. The molecule has 1 aromatic rings. The van der Waals surface area contributed by atoms with Crippen LogP contribution >= 0.6 is 0 Å². The molecule has 2 heteroatoms. The Kier molecular flexibility index (Phi) is 4.03. The van der Waals surface area contributed by atoms with Crippen molar-refractivity contribution in [2.24, 2.45) is 0 Å². The number of phenolic OH excluding ortho intramolecular Hbond substituents is 1. The number of rotatable bonds is 0. The molecule has 0 aliphatic heterocycles. The lowest BCUT2D eigenvalue weighted by Gasteiger charge is -1.82. The summed E-state index contributed by atoms with van der Waals surface area (Å²) >= 11 is 0. The molecule has 2 rings (SSSR count). The zero-order valence-corrected chi connectivity index (χ0v) is 7.57. The molecule has 0 aromatic heterocycles. The van der Waals surface area contributed by atoms with E-state index in [1.807, 2.05) is 6.07 Å². The molecule has 1 saturated carbocycles. The average molecular weight is 178 g/mol. The van der Waals surface area contributed by atoms with Crippen LogP contribution in [0.15, 0.2) is 30.3 Å². The minimum Gasteiger partial charge on any atom is -0.508 e. The first-order chi connectivity index (χ1) is 6.29. The summed E-state index contributed by atoms with van der Waals surface area (Å²) in [4.78, 5) is 10.2. The van der Waals surface area contributed by atoms with Crippen molar-refractivity contribution in [2.45, 2.75) is 25.7 Å². The number of Topliss-reactive ketones (excluding diaryl/α,β-unsaturated/α-hetero) is 1. The predicted octanol–water partition coefficient (Wildman–Crippen LogP) is 2.52. The molecule has 0 heterocycles. The van der Waals surface area contributed by atoms with Crippen molar-refractivity contribution in [3.63, 3.8) is 0 Å². The van der Waals surface area contributed by atoms with E-state index in [9.17, 15) is 4.79 Å². The Morgan fingerprint density at radius 1 is 1.00 bits per heavy atom. The first kappa shape index (κ1) is 9.78. The van der Waals surface area contributed by atoms with Crippen LogP contribution in [0.25, 0.3) is 0 Å². The molecule has 0 spiro atoms. The van der Waals surface area contributed by atoms with Gasteiger partial charge in [-0.3, -0.25) is 4.79 Å². The van der Waals surface area contributed by atoms with Crippen molar-refractivity contribution in [1.82, 2.24) is 0 Å². The number of ketones is 1.